The number of para-hydroxylation sites is 1. The van der Waals surface area contributed by atoms with Gasteiger partial charge in [0.2, 0.25) is 0 Å². The topological polar surface area (TPSA) is 73.6 Å². The van der Waals surface area contributed by atoms with Crippen LogP contribution in [0.5, 0.6) is 11.5 Å². The van der Waals surface area contributed by atoms with E-state index in [0.717, 1.165) is 0 Å². The molecule has 5 nitrogen and oxygen atoms in total. The number of ether oxygens (including phenoxy) is 2. The maximum atomic E-state index is 12.5. The minimum absolute atomic E-state index is 0. The summed E-state index contributed by atoms with van der Waals surface area (Å²) in [5, 5.41) is 2.83. The van der Waals surface area contributed by atoms with Gasteiger partial charge in [0.15, 0.2) is 0 Å². The second kappa shape index (κ2) is 9.16. The Balaban J connectivity index is 0.00000264. The van der Waals surface area contributed by atoms with E-state index < -0.39 is 0 Å². The summed E-state index contributed by atoms with van der Waals surface area (Å²) in [4.78, 5) is 12.5. The number of nitrogen functional groups attached to an aromatic ring is 1. The molecule has 1 amide bonds. The minimum atomic E-state index is -0.268. The average molecular weight is 366 g/mol. The van der Waals surface area contributed by atoms with Crippen LogP contribution in [0.2, 0.25) is 0 Å². The third-order valence-corrected chi connectivity index (χ3v) is 2.99. The number of carbonyl (C=O) groups excluding carboxylic acids is 1. The van der Waals surface area contributed by atoms with Crippen molar-refractivity contribution in [3.8, 4) is 11.5 Å². The van der Waals surface area contributed by atoms with Crippen molar-refractivity contribution in [3.05, 3.63) is 48.0 Å². The minimum Gasteiger partial charge on any atom is -0.493 e. The molecule has 0 spiro atoms. The van der Waals surface area contributed by atoms with Gasteiger partial charge in [-0.05, 0) is 32.0 Å². The number of nitrogens with two attached hydrogens (primary N) is 1. The third kappa shape index (κ3) is 4.96. The van der Waals surface area contributed by atoms with Crippen LogP contribution in [0.3, 0.4) is 0 Å². The van der Waals surface area contributed by atoms with E-state index in [1.807, 2.05) is 44.2 Å². The Hall–Kier alpha value is -2.07. The summed E-state index contributed by atoms with van der Waals surface area (Å²) in [6.45, 7) is 4.63. The molecule has 3 N–H and O–H groups in total. The molecule has 0 atom stereocenters. The molecule has 0 aliphatic carbocycles. The summed E-state index contributed by atoms with van der Waals surface area (Å²) < 4.78 is 11.0. The van der Waals surface area contributed by atoms with E-state index in [2.05, 4.69) is 5.32 Å². The monoisotopic (exact) mass is 364 g/mol. The van der Waals surface area contributed by atoms with E-state index in [1.54, 1.807) is 12.1 Å². The molecule has 2 aromatic carbocycles. The summed E-state index contributed by atoms with van der Waals surface area (Å²) in [5.74, 6) is 0.650. The molecule has 0 aliphatic rings. The van der Waals surface area contributed by atoms with Crippen molar-refractivity contribution in [1.29, 1.82) is 0 Å². The zero-order valence-electron chi connectivity index (χ0n) is 13.5. The Morgan fingerprint density at radius 1 is 1.04 bits per heavy atom. The first-order chi connectivity index (χ1) is 10.7. The van der Waals surface area contributed by atoms with E-state index in [9.17, 15) is 4.79 Å². The van der Waals surface area contributed by atoms with Crippen molar-refractivity contribution in [2.24, 2.45) is 0 Å². The zero-order valence-corrected chi connectivity index (χ0v) is 16.4. The molecule has 6 heteroatoms. The smallest absolute Gasteiger partial charge is 0.259 e. The average Bonchev–Trinajstić information content (AvgIpc) is 2.51. The predicted octanol–water partition coefficient (Wildman–Crippen LogP) is 3.32. The molecule has 0 saturated carbocycles. The first-order valence-electron chi connectivity index (χ1n) is 7.21. The summed E-state index contributed by atoms with van der Waals surface area (Å²) in [5.41, 5.74) is 7.47. The van der Waals surface area contributed by atoms with Crippen molar-refractivity contribution in [3.63, 3.8) is 0 Å². The van der Waals surface area contributed by atoms with E-state index >= 15 is 0 Å². The van der Waals surface area contributed by atoms with Crippen LogP contribution >= 0.6 is 0 Å². The van der Waals surface area contributed by atoms with Gasteiger partial charge in [-0.2, -0.15) is 0 Å². The Morgan fingerprint density at radius 2 is 1.65 bits per heavy atom. The maximum Gasteiger partial charge on any atom is 0.259 e. The van der Waals surface area contributed by atoms with Gasteiger partial charge in [0.1, 0.15) is 11.5 Å². The van der Waals surface area contributed by atoms with Crippen LogP contribution in [0.4, 0.5) is 11.4 Å². The molecule has 118 valence electrons. The molecule has 0 saturated heterocycles. The fraction of sp³-hybridized carbons (Fsp3) is 0.235. The standard InChI is InChI=1S/C17H20N2O3.Zn/c1-3-21-15-11-14(18)16(22-4-2)10-13(15)17(20)19-12-8-6-5-7-9-12;/h5-11H,3-4,18H2,1-2H3,(H,19,20);. The Kier molecular flexibility index (Phi) is 7.56. The first kappa shape index (κ1) is 19.0. The molecule has 2 aromatic rings. The van der Waals surface area contributed by atoms with Crippen LogP contribution < -0.4 is 20.5 Å². The summed E-state index contributed by atoms with van der Waals surface area (Å²) >= 11 is 0. The van der Waals surface area contributed by atoms with Crippen molar-refractivity contribution < 1.29 is 33.7 Å². The Labute approximate surface area is 148 Å². The number of anilines is 2. The second-order valence-electron chi connectivity index (χ2n) is 4.57. The summed E-state index contributed by atoms with van der Waals surface area (Å²) in [7, 11) is 0. The number of amides is 1. The number of hydrogen-bond acceptors (Lipinski definition) is 4. The van der Waals surface area contributed by atoms with Gasteiger partial charge in [0.25, 0.3) is 5.91 Å². The SMILES string of the molecule is CCOc1cc(C(=O)Nc2ccccc2)c(OCC)cc1N.[Zn]. The Morgan fingerprint density at radius 3 is 2.26 bits per heavy atom. The molecule has 0 heterocycles. The number of rotatable bonds is 6. The van der Waals surface area contributed by atoms with Crippen molar-refractivity contribution in [2.45, 2.75) is 13.8 Å². The van der Waals surface area contributed by atoms with Gasteiger partial charge in [-0.1, -0.05) is 18.2 Å². The fourth-order valence-electron chi connectivity index (χ4n) is 2.03. The first-order valence-corrected chi connectivity index (χ1v) is 7.21. The van der Waals surface area contributed by atoms with Crippen LogP contribution in [0.1, 0.15) is 24.2 Å². The van der Waals surface area contributed by atoms with Crippen LogP contribution in [0.25, 0.3) is 0 Å². The molecule has 0 radical (unpaired) electrons. The molecule has 0 aliphatic heterocycles. The van der Waals surface area contributed by atoms with Gasteiger partial charge in [0.05, 0.1) is 24.5 Å². The third-order valence-electron chi connectivity index (χ3n) is 2.99. The number of carbonyl (C=O) groups is 1. The zero-order chi connectivity index (χ0) is 15.9. The summed E-state index contributed by atoms with van der Waals surface area (Å²) in [6, 6.07) is 12.5. The van der Waals surface area contributed by atoms with Crippen molar-refractivity contribution >= 4 is 17.3 Å². The van der Waals surface area contributed by atoms with Gasteiger partial charge in [-0.3, -0.25) is 4.79 Å². The molecule has 0 aromatic heterocycles. The number of hydrogen-bond donors (Lipinski definition) is 2. The predicted molar refractivity (Wildman–Crippen MR) is 87.6 cm³/mol. The Bertz CT molecular complexity index is 648. The summed E-state index contributed by atoms with van der Waals surface area (Å²) in [6.07, 6.45) is 0. The van der Waals surface area contributed by atoms with E-state index in [1.165, 1.54) is 0 Å². The van der Waals surface area contributed by atoms with E-state index in [0.29, 0.717) is 41.7 Å². The second-order valence-corrected chi connectivity index (χ2v) is 4.57. The molecular formula is C17H20N2O3Zn. The van der Waals surface area contributed by atoms with Crippen LogP contribution in [0.15, 0.2) is 42.5 Å². The van der Waals surface area contributed by atoms with E-state index in [4.69, 9.17) is 15.2 Å². The van der Waals surface area contributed by atoms with Gasteiger partial charge >= 0.3 is 0 Å². The van der Waals surface area contributed by atoms with Crippen molar-refractivity contribution in [2.75, 3.05) is 24.3 Å². The molecule has 0 fully saturated rings. The number of nitrogens with one attached hydrogen (secondary N) is 1. The maximum absolute atomic E-state index is 12.5. The fourth-order valence-corrected chi connectivity index (χ4v) is 2.03. The van der Waals surface area contributed by atoms with Gasteiger partial charge in [-0.15, -0.1) is 0 Å². The molecular weight excluding hydrogens is 346 g/mol. The molecule has 0 bridgehead atoms. The normalized spacial score (nSPS) is 9.65. The van der Waals surface area contributed by atoms with Crippen molar-refractivity contribution in [1.82, 2.24) is 0 Å². The van der Waals surface area contributed by atoms with Crippen LogP contribution in [0, 0.1) is 0 Å². The van der Waals surface area contributed by atoms with Gasteiger partial charge < -0.3 is 20.5 Å². The molecule has 2 rings (SSSR count). The number of benzene rings is 2. The molecule has 23 heavy (non-hydrogen) atoms. The molecule has 0 unspecified atom stereocenters. The van der Waals surface area contributed by atoms with Gasteiger partial charge in [0, 0.05) is 31.2 Å². The van der Waals surface area contributed by atoms with E-state index in [-0.39, 0.29) is 25.4 Å². The largest absolute Gasteiger partial charge is 0.493 e. The quantitative estimate of drug-likeness (QED) is 0.608. The van der Waals surface area contributed by atoms with Gasteiger partial charge in [-0.25, -0.2) is 0 Å². The van der Waals surface area contributed by atoms with Crippen LogP contribution in [-0.4, -0.2) is 19.1 Å². The van der Waals surface area contributed by atoms with Crippen LogP contribution in [-0.2, 0) is 19.5 Å².